The van der Waals surface area contributed by atoms with Gasteiger partial charge in [0, 0.05) is 12.0 Å². The van der Waals surface area contributed by atoms with E-state index < -0.39 is 0 Å². The van der Waals surface area contributed by atoms with Gasteiger partial charge in [-0.15, -0.1) is 0 Å². The Morgan fingerprint density at radius 2 is 1.80 bits per heavy atom. The SMILES string of the molecule is Cc1c(N)nc(C(C)(C)C)nc1OCCOCC(C)C. The number of nitrogens with zero attached hydrogens (tertiary/aromatic N) is 2. The van der Waals surface area contributed by atoms with Crippen LogP contribution < -0.4 is 10.5 Å². The first-order chi connectivity index (χ1) is 9.21. The van der Waals surface area contributed by atoms with Crippen molar-refractivity contribution in [3.63, 3.8) is 0 Å². The summed E-state index contributed by atoms with van der Waals surface area (Å²) in [7, 11) is 0. The fourth-order valence-corrected chi connectivity index (χ4v) is 1.50. The maximum atomic E-state index is 5.93. The van der Waals surface area contributed by atoms with E-state index in [9.17, 15) is 0 Å². The minimum atomic E-state index is -0.159. The average molecular weight is 281 g/mol. The average Bonchev–Trinajstić information content (AvgIpc) is 2.31. The van der Waals surface area contributed by atoms with Crippen LogP contribution in [0.2, 0.25) is 0 Å². The fraction of sp³-hybridized carbons (Fsp3) is 0.733. The fourth-order valence-electron chi connectivity index (χ4n) is 1.50. The van der Waals surface area contributed by atoms with E-state index in [-0.39, 0.29) is 5.41 Å². The molecule has 0 aliphatic heterocycles. The normalized spacial score (nSPS) is 11.9. The highest BCUT2D eigenvalue weighted by molar-refractivity contribution is 5.45. The molecule has 0 aliphatic rings. The van der Waals surface area contributed by atoms with E-state index in [0.717, 1.165) is 12.2 Å². The molecule has 0 amide bonds. The lowest BCUT2D eigenvalue weighted by atomic mass is 9.95. The third kappa shape index (κ3) is 4.96. The van der Waals surface area contributed by atoms with E-state index in [1.165, 1.54) is 0 Å². The van der Waals surface area contributed by atoms with E-state index in [1.54, 1.807) is 0 Å². The Morgan fingerprint density at radius 1 is 1.15 bits per heavy atom. The Balaban J connectivity index is 2.67. The number of ether oxygens (including phenoxy) is 2. The topological polar surface area (TPSA) is 70.3 Å². The number of nitrogens with two attached hydrogens (primary N) is 1. The first kappa shape index (κ1) is 16.7. The van der Waals surface area contributed by atoms with Crippen molar-refractivity contribution in [2.45, 2.75) is 47.0 Å². The smallest absolute Gasteiger partial charge is 0.221 e. The maximum absolute atomic E-state index is 5.93. The van der Waals surface area contributed by atoms with Gasteiger partial charge < -0.3 is 15.2 Å². The first-order valence-electron chi connectivity index (χ1n) is 7.07. The van der Waals surface area contributed by atoms with Crippen molar-refractivity contribution in [3.05, 3.63) is 11.4 Å². The summed E-state index contributed by atoms with van der Waals surface area (Å²) < 4.78 is 11.2. The van der Waals surface area contributed by atoms with E-state index in [2.05, 4.69) is 23.8 Å². The van der Waals surface area contributed by atoms with Gasteiger partial charge in [0.15, 0.2) is 0 Å². The number of aromatic nitrogens is 2. The number of hydrogen-bond acceptors (Lipinski definition) is 5. The summed E-state index contributed by atoms with van der Waals surface area (Å²) in [4.78, 5) is 8.80. The predicted octanol–water partition coefficient (Wildman–Crippen LogP) is 2.72. The zero-order chi connectivity index (χ0) is 15.3. The lowest BCUT2D eigenvalue weighted by Gasteiger charge is -2.19. The summed E-state index contributed by atoms with van der Waals surface area (Å²) in [5.74, 6) is 2.25. The van der Waals surface area contributed by atoms with Crippen LogP contribution in [-0.4, -0.2) is 29.8 Å². The largest absolute Gasteiger partial charge is 0.475 e. The molecule has 2 N–H and O–H groups in total. The number of rotatable bonds is 6. The molecule has 0 saturated carbocycles. The Kier molecular flexibility index (Phi) is 5.74. The molecule has 20 heavy (non-hydrogen) atoms. The van der Waals surface area contributed by atoms with Crippen LogP contribution in [0.4, 0.5) is 5.82 Å². The minimum absolute atomic E-state index is 0.159. The van der Waals surface area contributed by atoms with Gasteiger partial charge in [-0.2, -0.15) is 4.98 Å². The molecule has 0 unspecified atom stereocenters. The van der Waals surface area contributed by atoms with E-state index >= 15 is 0 Å². The molecule has 5 heteroatoms. The van der Waals surface area contributed by atoms with Crippen LogP contribution in [-0.2, 0) is 10.2 Å². The molecule has 0 saturated heterocycles. The molecule has 0 aromatic carbocycles. The van der Waals surface area contributed by atoms with Crippen LogP contribution in [0, 0.1) is 12.8 Å². The van der Waals surface area contributed by atoms with Crippen molar-refractivity contribution >= 4 is 5.82 Å². The number of anilines is 1. The van der Waals surface area contributed by atoms with Crippen molar-refractivity contribution in [3.8, 4) is 5.88 Å². The highest BCUT2D eigenvalue weighted by atomic mass is 16.5. The second-order valence-electron chi connectivity index (χ2n) is 6.43. The predicted molar refractivity (Wildman–Crippen MR) is 81.0 cm³/mol. The molecule has 1 heterocycles. The Morgan fingerprint density at radius 3 is 2.35 bits per heavy atom. The lowest BCUT2D eigenvalue weighted by molar-refractivity contribution is 0.0802. The van der Waals surface area contributed by atoms with Crippen LogP contribution in [0.1, 0.15) is 46.0 Å². The summed E-state index contributed by atoms with van der Waals surface area (Å²) in [5, 5.41) is 0. The molecular weight excluding hydrogens is 254 g/mol. The number of nitrogen functional groups attached to an aromatic ring is 1. The molecule has 114 valence electrons. The van der Waals surface area contributed by atoms with Crippen molar-refractivity contribution in [1.82, 2.24) is 9.97 Å². The van der Waals surface area contributed by atoms with Crippen LogP contribution in [0.5, 0.6) is 5.88 Å². The van der Waals surface area contributed by atoms with Crippen LogP contribution in [0.25, 0.3) is 0 Å². The number of hydrogen-bond donors (Lipinski definition) is 1. The first-order valence-corrected chi connectivity index (χ1v) is 7.07. The quantitative estimate of drug-likeness (QED) is 0.812. The molecule has 0 atom stereocenters. The molecule has 0 bridgehead atoms. The zero-order valence-corrected chi connectivity index (χ0v) is 13.5. The lowest BCUT2D eigenvalue weighted by Crippen LogP contribution is -2.19. The summed E-state index contributed by atoms with van der Waals surface area (Å²) >= 11 is 0. The summed E-state index contributed by atoms with van der Waals surface area (Å²) in [5.41, 5.74) is 6.55. The van der Waals surface area contributed by atoms with E-state index in [1.807, 2.05) is 27.7 Å². The standard InChI is InChI=1S/C15H27N3O2/c1-10(2)9-19-7-8-20-13-11(3)12(16)17-14(18-13)15(4,5)6/h10H,7-9H2,1-6H3,(H2,16,17,18). The Hall–Kier alpha value is -1.36. The van der Waals surface area contributed by atoms with Crippen LogP contribution in [0.3, 0.4) is 0 Å². The monoisotopic (exact) mass is 281 g/mol. The molecule has 0 spiro atoms. The third-order valence-electron chi connectivity index (χ3n) is 2.73. The van der Waals surface area contributed by atoms with Gasteiger partial charge in [0.2, 0.25) is 5.88 Å². The summed E-state index contributed by atoms with van der Waals surface area (Å²) in [6.07, 6.45) is 0. The van der Waals surface area contributed by atoms with E-state index in [0.29, 0.717) is 36.7 Å². The van der Waals surface area contributed by atoms with Gasteiger partial charge in [-0.1, -0.05) is 34.6 Å². The van der Waals surface area contributed by atoms with E-state index in [4.69, 9.17) is 15.2 Å². The van der Waals surface area contributed by atoms with Crippen molar-refractivity contribution < 1.29 is 9.47 Å². The summed E-state index contributed by atoms with van der Waals surface area (Å²) in [6, 6.07) is 0. The van der Waals surface area contributed by atoms with Crippen molar-refractivity contribution in [2.75, 3.05) is 25.6 Å². The Labute approximate surface area is 121 Å². The second kappa shape index (κ2) is 6.88. The molecule has 1 aromatic heterocycles. The highest BCUT2D eigenvalue weighted by Crippen LogP contribution is 2.25. The van der Waals surface area contributed by atoms with Gasteiger partial charge in [-0.05, 0) is 12.8 Å². The zero-order valence-electron chi connectivity index (χ0n) is 13.5. The Bertz CT molecular complexity index is 439. The minimum Gasteiger partial charge on any atom is -0.475 e. The summed E-state index contributed by atoms with van der Waals surface area (Å²) in [6.45, 7) is 14.0. The third-order valence-corrected chi connectivity index (χ3v) is 2.73. The van der Waals surface area contributed by atoms with Gasteiger partial charge in [-0.3, -0.25) is 0 Å². The molecule has 1 rings (SSSR count). The molecule has 1 aromatic rings. The van der Waals surface area contributed by atoms with Gasteiger partial charge in [0.05, 0.1) is 12.2 Å². The van der Waals surface area contributed by atoms with Crippen LogP contribution >= 0.6 is 0 Å². The molecule has 5 nitrogen and oxygen atoms in total. The van der Waals surface area contributed by atoms with Crippen LogP contribution in [0.15, 0.2) is 0 Å². The van der Waals surface area contributed by atoms with Gasteiger partial charge >= 0.3 is 0 Å². The van der Waals surface area contributed by atoms with Crippen molar-refractivity contribution in [2.24, 2.45) is 5.92 Å². The van der Waals surface area contributed by atoms with Gasteiger partial charge in [0.1, 0.15) is 18.2 Å². The molecule has 0 aliphatic carbocycles. The maximum Gasteiger partial charge on any atom is 0.221 e. The van der Waals surface area contributed by atoms with Crippen molar-refractivity contribution in [1.29, 1.82) is 0 Å². The molecular formula is C15H27N3O2. The van der Waals surface area contributed by atoms with Gasteiger partial charge in [-0.25, -0.2) is 4.98 Å². The molecule has 0 radical (unpaired) electrons. The molecule has 0 fully saturated rings. The highest BCUT2D eigenvalue weighted by Gasteiger charge is 2.20. The van der Waals surface area contributed by atoms with Gasteiger partial charge in [0.25, 0.3) is 0 Å². The second-order valence-corrected chi connectivity index (χ2v) is 6.43.